The predicted octanol–water partition coefficient (Wildman–Crippen LogP) is 1.96. The molecule has 0 bridgehead atoms. The monoisotopic (exact) mass is 249 g/mol. The molecule has 0 saturated carbocycles. The first-order chi connectivity index (χ1) is 7.40. The smallest absolute Gasteiger partial charge is 0.211 e. The minimum absolute atomic E-state index is 0.0956. The molecule has 0 aliphatic carbocycles. The Labute approximate surface area is 93.5 Å². The Balaban J connectivity index is 3.27. The molecule has 0 amide bonds. The van der Waals surface area contributed by atoms with E-state index in [1.165, 1.54) is 13.0 Å². The van der Waals surface area contributed by atoms with Gasteiger partial charge >= 0.3 is 0 Å². The molecule has 0 aliphatic heterocycles. The van der Waals surface area contributed by atoms with Gasteiger partial charge in [0.2, 0.25) is 10.0 Å². The van der Waals surface area contributed by atoms with E-state index < -0.39 is 26.6 Å². The fourth-order valence-electron chi connectivity index (χ4n) is 1.19. The molecule has 90 valence electrons. The van der Waals surface area contributed by atoms with Crippen molar-refractivity contribution in [2.24, 2.45) is 0 Å². The summed E-state index contributed by atoms with van der Waals surface area (Å²) < 4.78 is 52.1. The lowest BCUT2D eigenvalue weighted by molar-refractivity contribution is 0.509. The first-order valence-electron chi connectivity index (χ1n) is 4.84. The zero-order valence-electron chi connectivity index (χ0n) is 9.05. The molecule has 0 atom stereocenters. The Hall–Kier alpha value is -1.01. The highest BCUT2D eigenvalue weighted by molar-refractivity contribution is 7.89. The van der Waals surface area contributed by atoms with E-state index in [-0.39, 0.29) is 12.1 Å². The van der Waals surface area contributed by atoms with Gasteiger partial charge in [-0.3, -0.25) is 0 Å². The van der Waals surface area contributed by atoms with Crippen LogP contribution in [0.5, 0.6) is 0 Å². The fraction of sp³-hybridized carbons (Fsp3) is 0.400. The molecule has 0 fully saturated rings. The van der Waals surface area contributed by atoms with Crippen molar-refractivity contribution < 1.29 is 17.2 Å². The maximum absolute atomic E-state index is 13.5. The normalized spacial score (nSPS) is 11.8. The van der Waals surface area contributed by atoms with Crippen molar-refractivity contribution >= 4 is 10.0 Å². The lowest BCUT2D eigenvalue weighted by Gasteiger charge is -2.09. The van der Waals surface area contributed by atoms with Crippen LogP contribution >= 0.6 is 0 Å². The summed E-state index contributed by atoms with van der Waals surface area (Å²) in [5.74, 6) is -2.12. The molecule has 1 rings (SSSR count). The number of rotatable bonds is 4. The lowest BCUT2D eigenvalue weighted by Crippen LogP contribution is -2.26. The van der Waals surface area contributed by atoms with Crippen molar-refractivity contribution in [3.63, 3.8) is 0 Å². The van der Waals surface area contributed by atoms with E-state index >= 15 is 0 Å². The number of sulfonamides is 1. The molecule has 1 aromatic rings. The molecule has 6 heteroatoms. The lowest BCUT2D eigenvalue weighted by atomic mass is 10.2. The minimum atomic E-state index is -4.11. The molecule has 0 saturated heterocycles. The Morgan fingerprint density at radius 3 is 2.50 bits per heavy atom. The van der Waals surface area contributed by atoms with Crippen LogP contribution in [0.1, 0.15) is 18.9 Å². The number of halogens is 2. The zero-order valence-corrected chi connectivity index (χ0v) is 9.87. The van der Waals surface area contributed by atoms with Crippen LogP contribution in [-0.2, 0) is 10.0 Å². The van der Waals surface area contributed by atoms with Gasteiger partial charge in [0, 0.05) is 6.54 Å². The van der Waals surface area contributed by atoms with Crippen LogP contribution in [0.15, 0.2) is 17.0 Å². The van der Waals surface area contributed by atoms with E-state index in [4.69, 9.17) is 0 Å². The summed E-state index contributed by atoms with van der Waals surface area (Å²) in [6.07, 6.45) is 0.550. The van der Waals surface area contributed by atoms with Gasteiger partial charge in [-0.05, 0) is 25.0 Å². The van der Waals surface area contributed by atoms with Crippen molar-refractivity contribution in [3.8, 4) is 0 Å². The first kappa shape index (κ1) is 13.1. The van der Waals surface area contributed by atoms with Crippen LogP contribution in [0.3, 0.4) is 0 Å². The SMILES string of the molecule is CCCNS(=O)(=O)c1c(F)ccc(C)c1F. The standard InChI is InChI=1S/C10H13F2NO2S/c1-3-6-13-16(14,15)10-8(11)5-4-7(2)9(10)12/h4-5,13H,3,6H2,1-2H3. The van der Waals surface area contributed by atoms with Gasteiger partial charge in [-0.1, -0.05) is 13.0 Å². The summed E-state index contributed by atoms with van der Waals surface area (Å²) >= 11 is 0. The van der Waals surface area contributed by atoms with Crippen molar-refractivity contribution in [2.75, 3.05) is 6.54 Å². The largest absolute Gasteiger partial charge is 0.246 e. The molecule has 3 nitrogen and oxygen atoms in total. The average molecular weight is 249 g/mol. The summed E-state index contributed by atoms with van der Waals surface area (Å²) in [5, 5.41) is 0. The molecule has 0 aromatic heterocycles. The molecule has 0 radical (unpaired) electrons. The van der Waals surface area contributed by atoms with Gasteiger partial charge in [0.25, 0.3) is 0 Å². The molecular weight excluding hydrogens is 236 g/mol. The van der Waals surface area contributed by atoms with Crippen LogP contribution in [-0.4, -0.2) is 15.0 Å². The van der Waals surface area contributed by atoms with Crippen molar-refractivity contribution in [2.45, 2.75) is 25.2 Å². The molecule has 1 aromatic carbocycles. The second kappa shape index (κ2) is 4.88. The van der Waals surface area contributed by atoms with Gasteiger partial charge in [-0.2, -0.15) is 0 Å². The highest BCUT2D eigenvalue weighted by Gasteiger charge is 2.24. The second-order valence-electron chi connectivity index (χ2n) is 3.41. The van der Waals surface area contributed by atoms with Crippen LogP contribution < -0.4 is 4.72 Å². The van der Waals surface area contributed by atoms with Gasteiger partial charge in [0.05, 0.1) is 0 Å². The van der Waals surface area contributed by atoms with Gasteiger partial charge in [0.15, 0.2) is 4.90 Å². The molecule has 1 N–H and O–H groups in total. The highest BCUT2D eigenvalue weighted by atomic mass is 32.2. The van der Waals surface area contributed by atoms with Gasteiger partial charge in [0.1, 0.15) is 11.6 Å². The Morgan fingerprint density at radius 2 is 1.94 bits per heavy atom. The third-order valence-electron chi connectivity index (χ3n) is 2.05. The van der Waals surface area contributed by atoms with Gasteiger partial charge in [-0.25, -0.2) is 21.9 Å². The van der Waals surface area contributed by atoms with Gasteiger partial charge < -0.3 is 0 Å². The predicted molar refractivity (Wildman–Crippen MR) is 56.6 cm³/mol. The number of nitrogens with one attached hydrogen (secondary N) is 1. The summed E-state index contributed by atoms with van der Waals surface area (Å²) in [7, 11) is -4.11. The molecular formula is C10H13F2NO2S. The number of aryl methyl sites for hydroxylation is 1. The van der Waals surface area contributed by atoms with E-state index in [9.17, 15) is 17.2 Å². The summed E-state index contributed by atoms with van der Waals surface area (Å²) in [6.45, 7) is 3.29. The quantitative estimate of drug-likeness (QED) is 0.886. The molecule has 16 heavy (non-hydrogen) atoms. The van der Waals surface area contributed by atoms with E-state index in [1.54, 1.807) is 6.92 Å². The second-order valence-corrected chi connectivity index (χ2v) is 5.11. The Kier molecular flexibility index (Phi) is 3.98. The number of hydrogen-bond donors (Lipinski definition) is 1. The maximum atomic E-state index is 13.5. The van der Waals surface area contributed by atoms with E-state index in [0.717, 1.165) is 6.07 Å². The first-order valence-corrected chi connectivity index (χ1v) is 6.32. The molecule has 0 unspecified atom stereocenters. The minimum Gasteiger partial charge on any atom is -0.211 e. The average Bonchev–Trinajstić information content (AvgIpc) is 2.21. The summed E-state index contributed by atoms with van der Waals surface area (Å²) in [5.41, 5.74) is 0.0956. The van der Waals surface area contributed by atoms with E-state index in [1.807, 2.05) is 0 Å². The van der Waals surface area contributed by atoms with Crippen molar-refractivity contribution in [3.05, 3.63) is 29.3 Å². The van der Waals surface area contributed by atoms with Crippen molar-refractivity contribution in [1.29, 1.82) is 0 Å². The Morgan fingerprint density at radius 1 is 1.31 bits per heavy atom. The molecule has 0 heterocycles. The third-order valence-corrected chi connectivity index (χ3v) is 3.55. The Bertz CT molecular complexity index is 486. The van der Waals surface area contributed by atoms with Crippen LogP contribution in [0.25, 0.3) is 0 Å². The topological polar surface area (TPSA) is 46.2 Å². The third kappa shape index (κ3) is 2.56. The molecule has 0 aliphatic rings. The molecule has 0 spiro atoms. The number of hydrogen-bond acceptors (Lipinski definition) is 2. The fourth-order valence-corrected chi connectivity index (χ4v) is 2.52. The summed E-state index contributed by atoms with van der Waals surface area (Å²) in [4.78, 5) is -0.902. The number of benzene rings is 1. The van der Waals surface area contributed by atoms with Crippen LogP contribution in [0.4, 0.5) is 8.78 Å². The summed E-state index contributed by atoms with van der Waals surface area (Å²) in [6, 6.07) is 2.14. The maximum Gasteiger partial charge on any atom is 0.246 e. The van der Waals surface area contributed by atoms with Gasteiger partial charge in [-0.15, -0.1) is 0 Å². The van der Waals surface area contributed by atoms with Crippen LogP contribution in [0, 0.1) is 18.6 Å². The zero-order chi connectivity index (χ0) is 12.3. The van der Waals surface area contributed by atoms with Crippen molar-refractivity contribution in [1.82, 2.24) is 4.72 Å². The van der Waals surface area contributed by atoms with E-state index in [0.29, 0.717) is 6.42 Å². The van der Waals surface area contributed by atoms with E-state index in [2.05, 4.69) is 4.72 Å². The highest BCUT2D eigenvalue weighted by Crippen LogP contribution is 2.21. The van der Waals surface area contributed by atoms with Crippen LogP contribution in [0.2, 0.25) is 0 Å².